The number of primary amides is 1. The van der Waals surface area contributed by atoms with Gasteiger partial charge < -0.3 is 21.1 Å². The number of carboxylic acids is 1. The average Bonchev–Trinajstić information content (AvgIpc) is 3.15. The van der Waals surface area contributed by atoms with Gasteiger partial charge in [-0.3, -0.25) is 9.59 Å². The van der Waals surface area contributed by atoms with Crippen LogP contribution in [0.2, 0.25) is 0 Å². The molecule has 1 aromatic rings. The molecule has 3 aliphatic rings. The van der Waals surface area contributed by atoms with Crippen LogP contribution in [0, 0.1) is 5.41 Å². The normalized spacial score (nSPS) is 22.8. The number of carbonyl (C=O) groups is 2. The van der Waals surface area contributed by atoms with Crippen molar-refractivity contribution in [2.45, 2.75) is 19.8 Å². The van der Waals surface area contributed by atoms with Gasteiger partial charge in [-0.25, -0.2) is 9.98 Å². The van der Waals surface area contributed by atoms with Gasteiger partial charge in [-0.2, -0.15) is 0 Å². The van der Waals surface area contributed by atoms with Gasteiger partial charge >= 0.3 is 5.97 Å². The molecule has 1 amide bonds. The van der Waals surface area contributed by atoms with Crippen molar-refractivity contribution in [1.82, 2.24) is 10.2 Å². The zero-order chi connectivity index (χ0) is 22.9. The van der Waals surface area contributed by atoms with E-state index in [4.69, 9.17) is 15.8 Å². The fourth-order valence-corrected chi connectivity index (χ4v) is 5.40. The number of benzene rings is 1. The van der Waals surface area contributed by atoms with Crippen LogP contribution in [0.4, 0.5) is 0 Å². The fraction of sp³-hybridized carbons (Fsp3) is 0.391. The minimum absolute atomic E-state index is 0.0317. The standard InChI is InChI=1S/C23H26BrN5O3/c1-14-27-17-11-18(29-8-6-26-7-9-29)20(22(25)32)23(13-24,21(17)28-14)12-16-4-2-15(3-5-16)10-19(30)31/h2-5,11,26H,6-10,12-13H2,1H3,(H2,25,32)(H,30,31). The van der Waals surface area contributed by atoms with Crippen molar-refractivity contribution < 1.29 is 14.7 Å². The Hall–Kier alpha value is -2.78. The summed E-state index contributed by atoms with van der Waals surface area (Å²) in [5, 5.41) is 12.8. The second kappa shape index (κ2) is 8.99. The molecule has 1 atom stereocenters. The van der Waals surface area contributed by atoms with Crippen molar-refractivity contribution in [3.63, 3.8) is 0 Å². The molecule has 8 nitrogen and oxygen atoms in total. The molecule has 1 aromatic carbocycles. The van der Waals surface area contributed by atoms with E-state index in [1.54, 1.807) is 0 Å². The highest BCUT2D eigenvalue weighted by atomic mass is 79.9. The number of nitrogens with two attached hydrogens (primary N) is 1. The summed E-state index contributed by atoms with van der Waals surface area (Å²) < 4.78 is 0. The smallest absolute Gasteiger partial charge is 0.307 e. The molecular weight excluding hydrogens is 474 g/mol. The van der Waals surface area contributed by atoms with E-state index in [1.165, 1.54) is 0 Å². The maximum atomic E-state index is 12.9. The first-order valence-electron chi connectivity index (χ1n) is 10.6. The molecule has 4 N–H and O–H groups in total. The number of aliphatic imine (C=N–C) groups is 2. The summed E-state index contributed by atoms with van der Waals surface area (Å²) in [6.07, 6.45) is 2.39. The maximum absolute atomic E-state index is 12.9. The Labute approximate surface area is 195 Å². The van der Waals surface area contributed by atoms with Gasteiger partial charge in [0.2, 0.25) is 5.91 Å². The lowest BCUT2D eigenvalue weighted by Gasteiger charge is -2.41. The summed E-state index contributed by atoms with van der Waals surface area (Å²) in [6.45, 7) is 5.05. The Morgan fingerprint density at radius 3 is 2.44 bits per heavy atom. The topological polar surface area (TPSA) is 120 Å². The molecule has 1 aliphatic carbocycles. The highest BCUT2D eigenvalue weighted by molar-refractivity contribution is 9.09. The van der Waals surface area contributed by atoms with E-state index in [0.29, 0.717) is 23.2 Å². The number of alkyl halides is 1. The highest BCUT2D eigenvalue weighted by Gasteiger charge is 2.49. The molecule has 4 rings (SSSR count). The van der Waals surface area contributed by atoms with Crippen molar-refractivity contribution in [3.8, 4) is 0 Å². The number of amides is 1. The number of carboxylic acid groups (broad SMARTS) is 1. The molecule has 1 saturated heterocycles. The monoisotopic (exact) mass is 499 g/mol. The Bertz CT molecular complexity index is 1070. The van der Waals surface area contributed by atoms with Crippen molar-refractivity contribution >= 4 is 39.4 Å². The Balaban J connectivity index is 1.82. The van der Waals surface area contributed by atoms with Crippen molar-refractivity contribution in [1.29, 1.82) is 0 Å². The zero-order valence-corrected chi connectivity index (χ0v) is 19.5. The largest absolute Gasteiger partial charge is 0.481 e. The number of hydrogen-bond donors (Lipinski definition) is 3. The van der Waals surface area contributed by atoms with Gasteiger partial charge in [-0.05, 0) is 30.5 Å². The molecular formula is C23H26BrN5O3. The molecule has 0 saturated carbocycles. The van der Waals surface area contributed by atoms with Crippen molar-refractivity contribution in [3.05, 3.63) is 58.4 Å². The fourth-order valence-electron chi connectivity index (χ4n) is 4.65. The van der Waals surface area contributed by atoms with Gasteiger partial charge in [-0.15, -0.1) is 0 Å². The minimum Gasteiger partial charge on any atom is -0.481 e. The number of piperazine rings is 1. The van der Waals surface area contributed by atoms with E-state index < -0.39 is 17.3 Å². The van der Waals surface area contributed by atoms with Gasteiger partial charge in [-0.1, -0.05) is 40.2 Å². The van der Waals surface area contributed by atoms with Gasteiger partial charge in [0.05, 0.1) is 28.8 Å². The number of hydrogen-bond acceptors (Lipinski definition) is 6. The number of fused-ring (bicyclic) bond motifs is 1. The molecule has 0 spiro atoms. The zero-order valence-electron chi connectivity index (χ0n) is 17.9. The number of nitrogens with one attached hydrogen (secondary N) is 1. The van der Waals surface area contributed by atoms with Crippen LogP contribution >= 0.6 is 15.9 Å². The summed E-state index contributed by atoms with van der Waals surface area (Å²) in [5.74, 6) is -0.689. The molecule has 0 aromatic heterocycles. The van der Waals surface area contributed by atoms with Crippen LogP contribution in [0.15, 0.2) is 57.3 Å². The van der Waals surface area contributed by atoms with Crippen LogP contribution in [0.25, 0.3) is 0 Å². The molecule has 0 radical (unpaired) electrons. The summed E-state index contributed by atoms with van der Waals surface area (Å²) in [7, 11) is 0. The summed E-state index contributed by atoms with van der Waals surface area (Å²) >= 11 is 3.68. The third-order valence-corrected chi connectivity index (χ3v) is 7.03. The Kier molecular flexibility index (Phi) is 6.30. The number of allylic oxidation sites excluding steroid dienone is 2. The SMILES string of the molecule is CC1=NC2=CC(N3CCNCC3)=C(C(N)=O)C(CBr)(Cc3ccc(CC(=O)O)cc3)C2=N1. The Morgan fingerprint density at radius 1 is 1.19 bits per heavy atom. The molecule has 168 valence electrons. The lowest BCUT2D eigenvalue weighted by molar-refractivity contribution is -0.136. The highest BCUT2D eigenvalue weighted by Crippen LogP contribution is 2.45. The number of carbonyl (C=O) groups excluding carboxylic acids is 1. The maximum Gasteiger partial charge on any atom is 0.307 e. The van der Waals surface area contributed by atoms with Gasteiger partial charge in [0.25, 0.3) is 0 Å². The molecule has 2 aliphatic heterocycles. The molecule has 32 heavy (non-hydrogen) atoms. The van der Waals surface area contributed by atoms with Crippen LogP contribution in [-0.2, 0) is 22.4 Å². The Morgan fingerprint density at radius 2 is 1.84 bits per heavy atom. The lowest BCUT2D eigenvalue weighted by Crippen LogP contribution is -2.49. The molecule has 1 fully saturated rings. The number of amidine groups is 1. The van der Waals surface area contributed by atoms with Crippen molar-refractivity contribution in [2.24, 2.45) is 21.1 Å². The van der Waals surface area contributed by atoms with Crippen LogP contribution in [0.1, 0.15) is 18.1 Å². The van der Waals surface area contributed by atoms with Crippen LogP contribution < -0.4 is 11.1 Å². The summed E-state index contributed by atoms with van der Waals surface area (Å²) in [5.41, 5.74) is 9.79. The van der Waals surface area contributed by atoms with E-state index in [1.807, 2.05) is 37.3 Å². The second-order valence-electron chi connectivity index (χ2n) is 8.29. The van der Waals surface area contributed by atoms with E-state index in [-0.39, 0.29) is 6.42 Å². The number of halogens is 1. The first-order chi connectivity index (χ1) is 15.3. The third kappa shape index (κ3) is 4.14. The van der Waals surface area contributed by atoms with Gasteiger partial charge in [0.1, 0.15) is 5.84 Å². The van der Waals surface area contributed by atoms with Crippen LogP contribution in [0.5, 0.6) is 0 Å². The van der Waals surface area contributed by atoms with E-state index in [9.17, 15) is 9.59 Å². The van der Waals surface area contributed by atoms with Crippen LogP contribution in [-0.4, -0.2) is 64.9 Å². The number of rotatable bonds is 7. The quantitative estimate of drug-likeness (QED) is 0.492. The number of aliphatic carboxylic acids is 1. The molecule has 9 heteroatoms. The summed E-state index contributed by atoms with van der Waals surface area (Å²) in [6, 6.07) is 7.45. The third-order valence-electron chi connectivity index (χ3n) is 6.08. The minimum atomic E-state index is -0.871. The second-order valence-corrected chi connectivity index (χ2v) is 8.85. The average molecular weight is 500 g/mol. The predicted molar refractivity (Wildman–Crippen MR) is 127 cm³/mol. The number of nitrogens with zero attached hydrogens (tertiary/aromatic N) is 3. The van der Waals surface area contributed by atoms with E-state index in [2.05, 4.69) is 31.1 Å². The van der Waals surface area contributed by atoms with Gasteiger partial charge in [0.15, 0.2) is 0 Å². The summed E-state index contributed by atoms with van der Waals surface area (Å²) in [4.78, 5) is 35.5. The van der Waals surface area contributed by atoms with Crippen molar-refractivity contribution in [2.75, 3.05) is 31.5 Å². The molecule has 0 bridgehead atoms. The first kappa shape index (κ1) is 22.4. The van der Waals surface area contributed by atoms with E-state index in [0.717, 1.165) is 54.4 Å². The molecule has 1 unspecified atom stereocenters. The lowest BCUT2D eigenvalue weighted by atomic mass is 9.68. The van der Waals surface area contributed by atoms with E-state index >= 15 is 0 Å². The molecule has 2 heterocycles. The van der Waals surface area contributed by atoms with Crippen LogP contribution in [0.3, 0.4) is 0 Å². The first-order valence-corrected chi connectivity index (χ1v) is 11.7. The predicted octanol–water partition coefficient (Wildman–Crippen LogP) is 1.65. The van der Waals surface area contributed by atoms with Gasteiger partial charge in [0, 0.05) is 37.2 Å².